The molecule has 0 aromatic carbocycles. The number of carbonyl (C=O) groups is 1. The molecule has 1 amide bonds. The van der Waals surface area contributed by atoms with Crippen LogP contribution in [0.2, 0.25) is 0 Å². The zero-order valence-electron chi connectivity index (χ0n) is 15.7. The van der Waals surface area contributed by atoms with Gasteiger partial charge in [-0.05, 0) is 61.6 Å². The predicted molar refractivity (Wildman–Crippen MR) is 105 cm³/mol. The Bertz CT molecular complexity index is 769. The van der Waals surface area contributed by atoms with E-state index in [9.17, 15) is 4.79 Å². The van der Waals surface area contributed by atoms with Crippen LogP contribution in [0.3, 0.4) is 0 Å². The van der Waals surface area contributed by atoms with Gasteiger partial charge in [-0.1, -0.05) is 6.07 Å². The second kappa shape index (κ2) is 7.98. The molecule has 2 aromatic heterocycles. The van der Waals surface area contributed by atoms with E-state index in [1.165, 1.54) is 11.3 Å². The van der Waals surface area contributed by atoms with E-state index in [0.29, 0.717) is 18.4 Å². The molecule has 0 radical (unpaired) electrons. The van der Waals surface area contributed by atoms with Crippen LogP contribution in [0.4, 0.5) is 0 Å². The summed E-state index contributed by atoms with van der Waals surface area (Å²) in [6.07, 6.45) is 5.62. The molecule has 0 bridgehead atoms. The highest BCUT2D eigenvalue weighted by Crippen LogP contribution is 2.42. The number of rotatable bonds is 5. The summed E-state index contributed by atoms with van der Waals surface area (Å²) in [6.45, 7) is 5.02. The first-order valence-electron chi connectivity index (χ1n) is 9.69. The lowest BCUT2D eigenvalue weighted by atomic mass is 9.78. The lowest BCUT2D eigenvalue weighted by Crippen LogP contribution is -2.49. The average molecular weight is 387 g/mol. The molecular weight excluding hydrogens is 360 g/mol. The minimum atomic E-state index is -0.0885. The molecule has 2 fully saturated rings. The zero-order valence-corrected chi connectivity index (χ0v) is 16.5. The van der Waals surface area contributed by atoms with Gasteiger partial charge < -0.3 is 14.4 Å². The van der Waals surface area contributed by atoms with E-state index in [-0.39, 0.29) is 11.5 Å². The van der Waals surface area contributed by atoms with E-state index >= 15 is 0 Å². The number of piperidine rings is 1. The van der Waals surface area contributed by atoms with Crippen molar-refractivity contribution in [1.82, 2.24) is 9.88 Å². The van der Waals surface area contributed by atoms with E-state index < -0.39 is 0 Å². The van der Waals surface area contributed by atoms with Crippen LogP contribution in [0.15, 0.2) is 35.8 Å². The van der Waals surface area contributed by atoms with Crippen molar-refractivity contribution in [3.63, 3.8) is 0 Å². The molecule has 4 heterocycles. The number of ether oxygens (including phenoxy) is 2. The highest BCUT2D eigenvalue weighted by molar-refractivity contribution is 7.12. The molecule has 2 aliphatic heterocycles. The molecule has 4 rings (SSSR count). The number of thiophene rings is 1. The number of hydrogen-bond donors (Lipinski definition) is 0. The maximum atomic E-state index is 12.8. The van der Waals surface area contributed by atoms with Gasteiger partial charge in [0.05, 0.1) is 17.1 Å². The molecule has 1 atom stereocenters. The summed E-state index contributed by atoms with van der Waals surface area (Å²) in [4.78, 5) is 19.8. The molecule has 144 valence electrons. The number of carbonyl (C=O) groups excluding carboxylic acids is 1. The van der Waals surface area contributed by atoms with Gasteiger partial charge in [0, 0.05) is 32.0 Å². The standard InChI is InChI=1S/C21H26N2O3S/c1-16-7-15-27-19(16)20(24)23-11-8-21(9-12-23)17(6-14-26-21)5-13-25-18-4-2-3-10-22-18/h2-4,7,10,15,17H,5-6,8-9,11-14H2,1H3/t17-/m1/s1. The smallest absolute Gasteiger partial charge is 0.264 e. The lowest BCUT2D eigenvalue weighted by molar-refractivity contribution is -0.0648. The second-order valence-electron chi connectivity index (χ2n) is 7.43. The van der Waals surface area contributed by atoms with Gasteiger partial charge in [-0.25, -0.2) is 4.98 Å². The number of aryl methyl sites for hydroxylation is 1. The van der Waals surface area contributed by atoms with Crippen LogP contribution >= 0.6 is 11.3 Å². The van der Waals surface area contributed by atoms with Crippen LogP contribution in [-0.2, 0) is 4.74 Å². The number of amides is 1. The Morgan fingerprint density at radius 1 is 1.37 bits per heavy atom. The van der Waals surface area contributed by atoms with Crippen molar-refractivity contribution in [3.05, 3.63) is 46.3 Å². The predicted octanol–water partition coefficient (Wildman–Crippen LogP) is 3.93. The molecule has 1 spiro atoms. The molecule has 0 saturated carbocycles. The fraction of sp³-hybridized carbons (Fsp3) is 0.524. The fourth-order valence-corrected chi connectivity index (χ4v) is 5.20. The summed E-state index contributed by atoms with van der Waals surface area (Å²) >= 11 is 1.54. The molecule has 5 nitrogen and oxygen atoms in total. The van der Waals surface area contributed by atoms with Gasteiger partial charge in [-0.2, -0.15) is 0 Å². The first-order valence-corrected chi connectivity index (χ1v) is 10.6. The average Bonchev–Trinajstić information content (AvgIpc) is 3.29. The molecule has 0 aliphatic carbocycles. The van der Waals surface area contributed by atoms with E-state index in [1.54, 1.807) is 6.20 Å². The van der Waals surface area contributed by atoms with Gasteiger partial charge in [0.1, 0.15) is 0 Å². The van der Waals surface area contributed by atoms with Crippen molar-refractivity contribution in [2.24, 2.45) is 5.92 Å². The fourth-order valence-electron chi connectivity index (χ4n) is 4.31. The normalized spacial score (nSPS) is 21.5. The summed E-state index contributed by atoms with van der Waals surface area (Å²) in [5.41, 5.74) is 0.987. The van der Waals surface area contributed by atoms with Gasteiger partial charge in [0.25, 0.3) is 5.91 Å². The van der Waals surface area contributed by atoms with Gasteiger partial charge in [0.15, 0.2) is 0 Å². The Kier molecular flexibility index (Phi) is 5.45. The van der Waals surface area contributed by atoms with Crippen molar-refractivity contribution < 1.29 is 14.3 Å². The van der Waals surface area contributed by atoms with E-state index in [2.05, 4.69) is 4.98 Å². The number of hydrogen-bond acceptors (Lipinski definition) is 5. The van der Waals surface area contributed by atoms with Gasteiger partial charge in [-0.3, -0.25) is 4.79 Å². The number of likely N-dealkylation sites (tertiary alicyclic amines) is 1. The summed E-state index contributed by atoms with van der Waals surface area (Å²) in [7, 11) is 0. The molecule has 0 N–H and O–H groups in total. The summed E-state index contributed by atoms with van der Waals surface area (Å²) in [6, 6.07) is 7.72. The third kappa shape index (κ3) is 3.87. The molecule has 0 unspecified atom stereocenters. The first-order chi connectivity index (χ1) is 13.2. The minimum absolute atomic E-state index is 0.0885. The molecule has 2 aliphatic rings. The topological polar surface area (TPSA) is 51.7 Å². The van der Waals surface area contributed by atoms with Crippen LogP contribution in [0.1, 0.15) is 40.9 Å². The van der Waals surface area contributed by atoms with Crippen molar-refractivity contribution in [3.8, 4) is 5.88 Å². The number of aromatic nitrogens is 1. The second-order valence-corrected chi connectivity index (χ2v) is 8.35. The maximum absolute atomic E-state index is 12.8. The zero-order chi connectivity index (χ0) is 18.7. The van der Waals surface area contributed by atoms with Gasteiger partial charge >= 0.3 is 0 Å². The molecule has 2 aromatic rings. The van der Waals surface area contributed by atoms with E-state index in [1.807, 2.05) is 41.5 Å². The van der Waals surface area contributed by atoms with Crippen molar-refractivity contribution in [2.75, 3.05) is 26.3 Å². The Hall–Kier alpha value is -1.92. The quantitative estimate of drug-likeness (QED) is 0.781. The van der Waals surface area contributed by atoms with E-state index in [0.717, 1.165) is 55.8 Å². The minimum Gasteiger partial charge on any atom is -0.478 e. The summed E-state index contributed by atoms with van der Waals surface area (Å²) in [5, 5.41) is 1.99. The Morgan fingerprint density at radius 3 is 2.93 bits per heavy atom. The molecule has 6 heteroatoms. The van der Waals surface area contributed by atoms with Gasteiger partial charge in [0.2, 0.25) is 5.88 Å². The molecule has 2 saturated heterocycles. The van der Waals surface area contributed by atoms with Crippen LogP contribution in [-0.4, -0.2) is 47.7 Å². The summed E-state index contributed by atoms with van der Waals surface area (Å²) in [5.74, 6) is 1.34. The highest BCUT2D eigenvalue weighted by Gasteiger charge is 2.46. The van der Waals surface area contributed by atoms with Gasteiger partial charge in [-0.15, -0.1) is 11.3 Å². The van der Waals surface area contributed by atoms with E-state index in [4.69, 9.17) is 9.47 Å². The highest BCUT2D eigenvalue weighted by atomic mass is 32.1. The van der Waals surface area contributed by atoms with Crippen molar-refractivity contribution in [2.45, 2.75) is 38.2 Å². The number of nitrogens with zero attached hydrogens (tertiary/aromatic N) is 2. The van der Waals surface area contributed by atoms with Crippen LogP contribution in [0.25, 0.3) is 0 Å². The summed E-state index contributed by atoms with van der Waals surface area (Å²) < 4.78 is 12.0. The molecular formula is C21H26N2O3S. The Labute approximate surface area is 164 Å². The molecule has 27 heavy (non-hydrogen) atoms. The SMILES string of the molecule is Cc1ccsc1C(=O)N1CCC2(CC1)OCC[C@H]2CCOc1ccccn1. The first kappa shape index (κ1) is 18.4. The third-order valence-corrected chi connectivity index (χ3v) is 6.91. The van der Waals surface area contributed by atoms with Crippen molar-refractivity contribution in [1.29, 1.82) is 0 Å². The van der Waals surface area contributed by atoms with Crippen LogP contribution in [0.5, 0.6) is 5.88 Å². The van der Waals surface area contributed by atoms with Crippen molar-refractivity contribution >= 4 is 17.2 Å². The third-order valence-electron chi connectivity index (χ3n) is 5.91. The maximum Gasteiger partial charge on any atom is 0.264 e. The van der Waals surface area contributed by atoms with Crippen LogP contribution < -0.4 is 4.74 Å². The Morgan fingerprint density at radius 2 is 2.22 bits per heavy atom. The van der Waals surface area contributed by atoms with Crippen LogP contribution in [0, 0.1) is 12.8 Å². The number of pyridine rings is 1. The Balaban J connectivity index is 1.32. The largest absolute Gasteiger partial charge is 0.478 e. The monoisotopic (exact) mass is 386 g/mol. The lowest BCUT2D eigenvalue weighted by Gasteiger charge is -2.42.